The van der Waals surface area contributed by atoms with Gasteiger partial charge < -0.3 is 10.6 Å². The molecule has 0 fully saturated rings. The third kappa shape index (κ3) is 3.92. The molecule has 2 N–H and O–H groups in total. The van der Waals surface area contributed by atoms with E-state index in [4.69, 9.17) is 0 Å². The van der Waals surface area contributed by atoms with Crippen molar-refractivity contribution >= 4 is 11.7 Å². The Labute approximate surface area is 139 Å². The predicted octanol–water partition coefficient (Wildman–Crippen LogP) is 1.21. The van der Waals surface area contributed by atoms with Crippen molar-refractivity contribution in [3.63, 3.8) is 0 Å². The first kappa shape index (κ1) is 15.6. The first-order chi connectivity index (χ1) is 11.7. The lowest BCUT2D eigenvalue weighted by Gasteiger charge is -2.07. The van der Waals surface area contributed by atoms with Crippen molar-refractivity contribution < 1.29 is 4.79 Å². The number of rotatable bonds is 6. The highest BCUT2D eigenvalue weighted by Gasteiger charge is 2.04. The molecule has 8 nitrogen and oxygen atoms in total. The van der Waals surface area contributed by atoms with Gasteiger partial charge in [0.15, 0.2) is 5.82 Å². The van der Waals surface area contributed by atoms with Gasteiger partial charge in [0, 0.05) is 37.2 Å². The zero-order chi connectivity index (χ0) is 16.8. The van der Waals surface area contributed by atoms with Crippen LogP contribution in [-0.4, -0.2) is 44.0 Å². The lowest BCUT2D eigenvalue weighted by Crippen LogP contribution is -2.28. The van der Waals surface area contributed by atoms with Gasteiger partial charge >= 0.3 is 0 Å². The van der Waals surface area contributed by atoms with Gasteiger partial charge in [-0.2, -0.15) is 5.10 Å². The Kier molecular flexibility index (Phi) is 4.76. The molecule has 1 amide bonds. The fraction of sp³-hybridized carbons (Fsp3) is 0.188. The number of nitrogens with zero attached hydrogens (tertiary/aromatic N) is 5. The monoisotopic (exact) mass is 323 g/mol. The van der Waals surface area contributed by atoms with Gasteiger partial charge in [0.2, 0.25) is 0 Å². The molecule has 3 aromatic heterocycles. The summed E-state index contributed by atoms with van der Waals surface area (Å²) in [7, 11) is 0. The zero-order valence-corrected chi connectivity index (χ0v) is 13.2. The van der Waals surface area contributed by atoms with Crippen LogP contribution in [0.4, 0.5) is 5.82 Å². The van der Waals surface area contributed by atoms with Crippen LogP contribution in [0.3, 0.4) is 0 Å². The third-order valence-corrected chi connectivity index (χ3v) is 3.27. The summed E-state index contributed by atoms with van der Waals surface area (Å²) in [5, 5.41) is 18.4. The zero-order valence-electron chi connectivity index (χ0n) is 13.2. The van der Waals surface area contributed by atoms with Gasteiger partial charge in [-0.15, -0.1) is 10.2 Å². The molecule has 3 rings (SSSR count). The molecule has 0 atom stereocenters. The molecule has 0 spiro atoms. The summed E-state index contributed by atoms with van der Waals surface area (Å²) in [6.45, 7) is 2.94. The molecule has 0 aliphatic carbocycles. The Morgan fingerprint density at radius 1 is 1.08 bits per heavy atom. The van der Waals surface area contributed by atoms with Crippen LogP contribution in [0, 0.1) is 6.92 Å². The van der Waals surface area contributed by atoms with Crippen LogP contribution in [0.25, 0.3) is 5.82 Å². The highest BCUT2D eigenvalue weighted by atomic mass is 16.1. The number of hydrogen-bond acceptors (Lipinski definition) is 6. The molecule has 0 saturated carbocycles. The minimum atomic E-state index is -0.130. The van der Waals surface area contributed by atoms with Gasteiger partial charge in [-0.3, -0.25) is 9.78 Å². The predicted molar refractivity (Wildman–Crippen MR) is 89.0 cm³/mol. The number of aromatic nitrogens is 5. The van der Waals surface area contributed by atoms with E-state index in [0.717, 1.165) is 5.69 Å². The lowest BCUT2D eigenvalue weighted by molar-refractivity contribution is 0.0955. The number of nitrogens with one attached hydrogen (secondary N) is 2. The highest BCUT2D eigenvalue weighted by Crippen LogP contribution is 2.06. The van der Waals surface area contributed by atoms with Crippen molar-refractivity contribution in [2.45, 2.75) is 6.92 Å². The quantitative estimate of drug-likeness (QED) is 0.662. The summed E-state index contributed by atoms with van der Waals surface area (Å²) in [4.78, 5) is 15.7. The van der Waals surface area contributed by atoms with Crippen LogP contribution >= 0.6 is 0 Å². The van der Waals surface area contributed by atoms with Crippen LogP contribution in [0.1, 0.15) is 16.1 Å². The summed E-state index contributed by atoms with van der Waals surface area (Å²) >= 11 is 0. The molecule has 0 aliphatic heterocycles. The Bertz CT molecular complexity index is 799. The molecule has 0 aromatic carbocycles. The molecule has 122 valence electrons. The van der Waals surface area contributed by atoms with Crippen molar-refractivity contribution in [2.24, 2.45) is 0 Å². The second-order valence-corrected chi connectivity index (χ2v) is 5.10. The van der Waals surface area contributed by atoms with Crippen molar-refractivity contribution in [3.05, 3.63) is 60.2 Å². The maximum atomic E-state index is 11.9. The van der Waals surface area contributed by atoms with Crippen LogP contribution in [0.5, 0.6) is 0 Å². The first-order valence-corrected chi connectivity index (χ1v) is 7.51. The standard InChI is InChI=1S/C16H17N7O/c1-12-6-11-23(22-12)15-3-2-14(20-21-15)18-9-10-19-16(24)13-4-7-17-8-5-13/h2-8,11H,9-10H2,1H3,(H,18,20)(H,19,24). The maximum absolute atomic E-state index is 11.9. The molecule has 0 unspecified atom stereocenters. The smallest absolute Gasteiger partial charge is 0.251 e. The van der Waals surface area contributed by atoms with Crippen molar-refractivity contribution in [1.82, 2.24) is 30.3 Å². The van der Waals surface area contributed by atoms with Crippen molar-refractivity contribution in [2.75, 3.05) is 18.4 Å². The Hall–Kier alpha value is -3.29. The van der Waals surface area contributed by atoms with Crippen molar-refractivity contribution in [1.29, 1.82) is 0 Å². The Balaban J connectivity index is 1.46. The second kappa shape index (κ2) is 7.32. The summed E-state index contributed by atoms with van der Waals surface area (Å²) < 4.78 is 1.67. The van der Waals surface area contributed by atoms with E-state index < -0.39 is 0 Å². The molecule has 0 saturated heterocycles. The summed E-state index contributed by atoms with van der Waals surface area (Å²) in [5.41, 5.74) is 1.51. The summed E-state index contributed by atoms with van der Waals surface area (Å²) in [5.74, 6) is 1.16. The molecule has 3 heterocycles. The normalized spacial score (nSPS) is 10.4. The average molecular weight is 323 g/mol. The fourth-order valence-electron chi connectivity index (χ4n) is 2.06. The van der Waals surface area contributed by atoms with Crippen molar-refractivity contribution in [3.8, 4) is 5.82 Å². The van der Waals surface area contributed by atoms with E-state index in [0.29, 0.717) is 30.3 Å². The number of amides is 1. The summed E-state index contributed by atoms with van der Waals surface area (Å²) in [6.07, 6.45) is 5.01. The van der Waals surface area contributed by atoms with Gasteiger partial charge in [-0.1, -0.05) is 0 Å². The van der Waals surface area contributed by atoms with E-state index in [2.05, 4.69) is 30.9 Å². The van der Waals surface area contributed by atoms with E-state index in [-0.39, 0.29) is 5.91 Å². The topological polar surface area (TPSA) is 97.6 Å². The van der Waals surface area contributed by atoms with Gasteiger partial charge in [-0.05, 0) is 37.3 Å². The average Bonchev–Trinajstić information content (AvgIpc) is 3.06. The number of carbonyl (C=O) groups is 1. The van der Waals surface area contributed by atoms with Gasteiger partial charge in [0.05, 0.1) is 5.69 Å². The number of carbonyl (C=O) groups excluding carboxylic acids is 1. The van der Waals surface area contributed by atoms with E-state index in [9.17, 15) is 4.79 Å². The van der Waals surface area contributed by atoms with Gasteiger partial charge in [-0.25, -0.2) is 4.68 Å². The molecule has 24 heavy (non-hydrogen) atoms. The minimum absolute atomic E-state index is 0.130. The van der Waals surface area contributed by atoms with E-state index in [1.54, 1.807) is 29.2 Å². The number of hydrogen-bond donors (Lipinski definition) is 2. The van der Waals surface area contributed by atoms with Gasteiger partial charge in [0.1, 0.15) is 5.82 Å². The summed E-state index contributed by atoms with van der Waals surface area (Å²) in [6, 6.07) is 8.90. The van der Waals surface area contributed by atoms with Gasteiger partial charge in [0.25, 0.3) is 5.91 Å². The molecule has 0 bridgehead atoms. The van der Waals surface area contributed by atoms with Crippen LogP contribution in [-0.2, 0) is 0 Å². The molecule has 0 aliphatic rings. The molecular formula is C16H17N7O. The Morgan fingerprint density at radius 2 is 1.92 bits per heavy atom. The first-order valence-electron chi connectivity index (χ1n) is 7.51. The van der Waals surface area contributed by atoms with E-state index in [1.807, 2.05) is 31.3 Å². The molecule has 3 aromatic rings. The fourth-order valence-corrected chi connectivity index (χ4v) is 2.06. The van der Waals surface area contributed by atoms with Crippen LogP contribution in [0.2, 0.25) is 0 Å². The number of anilines is 1. The molecular weight excluding hydrogens is 306 g/mol. The van der Waals surface area contributed by atoms with E-state index >= 15 is 0 Å². The largest absolute Gasteiger partial charge is 0.367 e. The Morgan fingerprint density at radius 3 is 2.58 bits per heavy atom. The minimum Gasteiger partial charge on any atom is -0.367 e. The van der Waals surface area contributed by atoms with Crippen LogP contribution in [0.15, 0.2) is 48.9 Å². The number of pyridine rings is 1. The van der Waals surface area contributed by atoms with E-state index in [1.165, 1.54) is 0 Å². The SMILES string of the molecule is Cc1ccn(-c2ccc(NCCNC(=O)c3ccncc3)nn2)n1. The molecule has 0 radical (unpaired) electrons. The number of aryl methyl sites for hydroxylation is 1. The maximum Gasteiger partial charge on any atom is 0.251 e. The van der Waals surface area contributed by atoms with Crippen LogP contribution < -0.4 is 10.6 Å². The lowest BCUT2D eigenvalue weighted by atomic mass is 10.2. The molecule has 8 heteroatoms. The highest BCUT2D eigenvalue weighted by molar-refractivity contribution is 5.93. The third-order valence-electron chi connectivity index (χ3n) is 3.27. The second-order valence-electron chi connectivity index (χ2n) is 5.10.